The van der Waals surface area contributed by atoms with Gasteiger partial charge in [-0.15, -0.1) is 0 Å². The van der Waals surface area contributed by atoms with Crippen molar-refractivity contribution in [1.82, 2.24) is 5.01 Å². The molecular weight excluding hydrogens is 394 g/mol. The third kappa shape index (κ3) is 3.21. The number of hydrazone groups is 1. The summed E-state index contributed by atoms with van der Waals surface area (Å²) in [6.07, 6.45) is 2.91. The van der Waals surface area contributed by atoms with E-state index in [9.17, 15) is 0 Å². The predicted molar refractivity (Wildman–Crippen MR) is 128 cm³/mol. The van der Waals surface area contributed by atoms with Gasteiger partial charge in [-0.25, -0.2) is 5.01 Å². The number of ether oxygens (including phenoxy) is 1. The summed E-state index contributed by atoms with van der Waals surface area (Å²) in [5.74, 6) is 1.04. The number of likely N-dealkylation sites (tertiary alicyclic amines) is 1. The molecular formula is C28H30N3O+. The molecule has 3 heterocycles. The van der Waals surface area contributed by atoms with Crippen LogP contribution in [0.25, 0.3) is 11.1 Å². The number of rotatable bonds is 2. The summed E-state index contributed by atoms with van der Waals surface area (Å²) in [4.78, 5) is 0. The molecule has 0 saturated carbocycles. The van der Waals surface area contributed by atoms with Crippen molar-refractivity contribution in [3.63, 3.8) is 0 Å². The summed E-state index contributed by atoms with van der Waals surface area (Å²) in [6.45, 7) is 2.20. The van der Waals surface area contributed by atoms with Crippen LogP contribution in [0.1, 0.15) is 36.4 Å². The van der Waals surface area contributed by atoms with Gasteiger partial charge in [-0.2, -0.15) is 5.10 Å². The summed E-state index contributed by atoms with van der Waals surface area (Å²) >= 11 is 0. The molecule has 1 saturated heterocycles. The molecule has 0 unspecified atom stereocenters. The van der Waals surface area contributed by atoms with Crippen molar-refractivity contribution < 1.29 is 9.22 Å². The topological polar surface area (TPSA) is 24.8 Å². The van der Waals surface area contributed by atoms with E-state index in [1.54, 1.807) is 0 Å². The minimum Gasteiger partial charge on any atom is -0.466 e. The zero-order chi connectivity index (χ0) is 21.8. The molecule has 0 N–H and O–H groups in total. The van der Waals surface area contributed by atoms with Crippen LogP contribution in [0.4, 0.5) is 0 Å². The Labute approximate surface area is 190 Å². The Morgan fingerprint density at radius 2 is 1.44 bits per heavy atom. The lowest BCUT2D eigenvalue weighted by Crippen LogP contribution is -2.62. The maximum absolute atomic E-state index is 6.74. The van der Waals surface area contributed by atoms with Gasteiger partial charge in [0.25, 0.3) is 0 Å². The monoisotopic (exact) mass is 424 g/mol. The van der Waals surface area contributed by atoms with E-state index in [1.807, 2.05) is 0 Å². The van der Waals surface area contributed by atoms with Gasteiger partial charge in [0.2, 0.25) is 5.72 Å². The van der Waals surface area contributed by atoms with Crippen LogP contribution in [0.2, 0.25) is 0 Å². The molecule has 0 radical (unpaired) electrons. The second kappa shape index (κ2) is 7.21. The highest BCUT2D eigenvalue weighted by molar-refractivity contribution is 6.02. The number of para-hydroxylation sites is 1. The minimum atomic E-state index is -0.335. The Balaban J connectivity index is 1.35. The molecule has 3 aromatic rings. The highest BCUT2D eigenvalue weighted by Gasteiger charge is 2.53. The quantitative estimate of drug-likeness (QED) is 0.510. The van der Waals surface area contributed by atoms with Crippen LogP contribution in [0, 0.1) is 0 Å². The van der Waals surface area contributed by atoms with Crippen LogP contribution in [0.5, 0.6) is 5.75 Å². The summed E-state index contributed by atoms with van der Waals surface area (Å²) in [5.41, 5.74) is 5.78. The molecule has 6 rings (SSSR count). The standard InChI is InChI=1S/C28H30N3O/c1-31(2)18-16-28(17-19-31)30-26(24-10-6-7-11-27(24)32-28)20-25(29-30)23-14-12-22(13-15-23)21-8-4-3-5-9-21/h3-15,26H,16-20H2,1-2H3/q+1/t26-/m0/s1. The van der Waals surface area contributed by atoms with Crippen LogP contribution in [-0.2, 0) is 0 Å². The molecule has 0 amide bonds. The summed E-state index contributed by atoms with van der Waals surface area (Å²) in [6, 6.07) is 28.2. The van der Waals surface area contributed by atoms with E-state index < -0.39 is 0 Å². The van der Waals surface area contributed by atoms with Gasteiger partial charge >= 0.3 is 0 Å². The van der Waals surface area contributed by atoms with Crippen LogP contribution in [0.3, 0.4) is 0 Å². The van der Waals surface area contributed by atoms with Gasteiger partial charge in [-0.3, -0.25) is 0 Å². The number of quaternary nitrogens is 1. The van der Waals surface area contributed by atoms with Gasteiger partial charge in [0.15, 0.2) is 0 Å². The Hall–Kier alpha value is -3.11. The average Bonchev–Trinajstić information content (AvgIpc) is 3.29. The molecule has 1 atom stereocenters. The Morgan fingerprint density at radius 3 is 2.19 bits per heavy atom. The molecule has 32 heavy (non-hydrogen) atoms. The lowest BCUT2D eigenvalue weighted by molar-refractivity contribution is -0.898. The van der Waals surface area contributed by atoms with Crippen molar-refractivity contribution in [2.24, 2.45) is 5.10 Å². The molecule has 3 aliphatic heterocycles. The number of hydrogen-bond donors (Lipinski definition) is 0. The third-order valence-corrected chi connectivity index (χ3v) is 7.45. The van der Waals surface area contributed by atoms with Gasteiger partial charge in [-0.1, -0.05) is 72.8 Å². The number of hydrogen-bond acceptors (Lipinski definition) is 3. The first kappa shape index (κ1) is 19.6. The van der Waals surface area contributed by atoms with E-state index in [2.05, 4.69) is 98.0 Å². The number of piperidine rings is 1. The molecule has 0 aromatic heterocycles. The third-order valence-electron chi connectivity index (χ3n) is 7.45. The highest BCUT2D eigenvalue weighted by Crippen LogP contribution is 2.50. The van der Waals surface area contributed by atoms with E-state index in [0.29, 0.717) is 0 Å². The van der Waals surface area contributed by atoms with Gasteiger partial charge in [0.1, 0.15) is 5.75 Å². The van der Waals surface area contributed by atoms with Crippen LogP contribution < -0.4 is 4.74 Å². The molecule has 4 heteroatoms. The van der Waals surface area contributed by atoms with E-state index in [-0.39, 0.29) is 11.8 Å². The van der Waals surface area contributed by atoms with E-state index >= 15 is 0 Å². The Morgan fingerprint density at radius 1 is 0.812 bits per heavy atom. The SMILES string of the molecule is C[N+]1(C)CCC2(CC1)Oc1ccccc1[C@@H]1CC(c3ccc(-c4ccccc4)cc3)=NN12. The summed E-state index contributed by atoms with van der Waals surface area (Å²) in [5, 5.41) is 7.54. The van der Waals surface area contributed by atoms with Gasteiger partial charge in [-0.05, 0) is 22.8 Å². The first-order chi connectivity index (χ1) is 15.5. The Bertz CT molecular complexity index is 1160. The fourth-order valence-electron chi connectivity index (χ4n) is 5.41. The largest absolute Gasteiger partial charge is 0.466 e. The minimum absolute atomic E-state index is 0.248. The predicted octanol–water partition coefficient (Wildman–Crippen LogP) is 5.46. The maximum atomic E-state index is 6.74. The molecule has 3 aromatic carbocycles. The van der Waals surface area contributed by atoms with Gasteiger partial charge < -0.3 is 9.22 Å². The van der Waals surface area contributed by atoms with Crippen molar-refractivity contribution in [2.45, 2.75) is 31.0 Å². The van der Waals surface area contributed by atoms with Crippen molar-refractivity contribution >= 4 is 5.71 Å². The molecule has 162 valence electrons. The van der Waals surface area contributed by atoms with Crippen molar-refractivity contribution in [2.75, 3.05) is 27.2 Å². The van der Waals surface area contributed by atoms with Crippen molar-refractivity contribution in [3.05, 3.63) is 90.0 Å². The fraction of sp³-hybridized carbons (Fsp3) is 0.321. The average molecular weight is 425 g/mol. The summed E-state index contributed by atoms with van der Waals surface area (Å²) in [7, 11) is 4.63. The zero-order valence-electron chi connectivity index (χ0n) is 18.9. The second-order valence-electron chi connectivity index (χ2n) is 10.0. The number of nitrogens with zero attached hydrogens (tertiary/aromatic N) is 3. The molecule has 3 aliphatic rings. The highest BCUT2D eigenvalue weighted by atomic mass is 16.5. The molecule has 0 aliphatic carbocycles. The van der Waals surface area contributed by atoms with Crippen molar-refractivity contribution in [3.8, 4) is 16.9 Å². The van der Waals surface area contributed by atoms with E-state index in [4.69, 9.17) is 9.84 Å². The van der Waals surface area contributed by atoms with Crippen LogP contribution in [0.15, 0.2) is 84.0 Å². The van der Waals surface area contributed by atoms with Gasteiger partial charge in [0.05, 0.1) is 51.8 Å². The Kier molecular flexibility index (Phi) is 4.41. The first-order valence-corrected chi connectivity index (χ1v) is 11.7. The fourth-order valence-corrected chi connectivity index (χ4v) is 5.41. The smallest absolute Gasteiger partial charge is 0.208 e. The lowest BCUT2D eigenvalue weighted by atomic mass is 9.90. The zero-order valence-corrected chi connectivity index (χ0v) is 18.9. The van der Waals surface area contributed by atoms with Crippen LogP contribution >= 0.6 is 0 Å². The van der Waals surface area contributed by atoms with Crippen LogP contribution in [-0.4, -0.2) is 48.1 Å². The number of fused-ring (bicyclic) bond motifs is 4. The molecule has 1 spiro atoms. The second-order valence-corrected chi connectivity index (χ2v) is 10.0. The normalized spacial score (nSPS) is 22.6. The lowest BCUT2D eigenvalue weighted by Gasteiger charge is -2.52. The number of benzene rings is 3. The van der Waals surface area contributed by atoms with E-state index in [0.717, 1.165) is 48.3 Å². The summed E-state index contributed by atoms with van der Waals surface area (Å²) < 4.78 is 7.78. The maximum Gasteiger partial charge on any atom is 0.208 e. The van der Waals surface area contributed by atoms with E-state index in [1.165, 1.54) is 22.3 Å². The molecule has 4 nitrogen and oxygen atoms in total. The van der Waals surface area contributed by atoms with Crippen molar-refractivity contribution in [1.29, 1.82) is 0 Å². The molecule has 0 bridgehead atoms. The van der Waals surface area contributed by atoms with Gasteiger partial charge in [0, 0.05) is 12.0 Å². The first-order valence-electron chi connectivity index (χ1n) is 11.7. The molecule has 1 fully saturated rings.